The minimum Gasteiger partial charge on any atom is -0.498 e. The maximum absolute atomic E-state index is 11.3. The van der Waals surface area contributed by atoms with Crippen molar-refractivity contribution in [3.05, 3.63) is 46.3 Å². The SMILES string of the molecule is COC1=C([C@H](C)CO)[C@H]2C/C=C(\C)[C@@H](O)CC/C(C)=C/CC/C(C)=C/C[C@]2(C)[C@@H]1O. The molecule has 30 heavy (non-hydrogen) atoms. The lowest BCUT2D eigenvalue weighted by Crippen LogP contribution is -2.35. The highest BCUT2D eigenvalue weighted by molar-refractivity contribution is 5.33. The van der Waals surface area contributed by atoms with Crippen molar-refractivity contribution in [1.82, 2.24) is 0 Å². The van der Waals surface area contributed by atoms with Crippen LogP contribution >= 0.6 is 0 Å². The summed E-state index contributed by atoms with van der Waals surface area (Å²) in [6.07, 6.45) is 10.6. The Kier molecular flexibility index (Phi) is 8.96. The van der Waals surface area contributed by atoms with Crippen molar-refractivity contribution in [2.75, 3.05) is 13.7 Å². The normalized spacial score (nSPS) is 38.2. The molecule has 0 saturated carbocycles. The summed E-state index contributed by atoms with van der Waals surface area (Å²) in [4.78, 5) is 0. The zero-order valence-corrected chi connectivity index (χ0v) is 19.7. The Hall–Kier alpha value is -1.36. The monoisotopic (exact) mass is 418 g/mol. The molecule has 0 spiro atoms. The Morgan fingerprint density at radius 2 is 1.77 bits per heavy atom. The Morgan fingerprint density at radius 1 is 1.10 bits per heavy atom. The van der Waals surface area contributed by atoms with Gasteiger partial charge in [-0.2, -0.15) is 0 Å². The number of methoxy groups -OCH3 is 1. The number of aliphatic hydroxyl groups excluding tert-OH is 3. The van der Waals surface area contributed by atoms with E-state index in [2.05, 4.69) is 39.0 Å². The van der Waals surface area contributed by atoms with Gasteiger partial charge in [0, 0.05) is 17.9 Å². The molecule has 0 radical (unpaired) electrons. The maximum atomic E-state index is 11.3. The van der Waals surface area contributed by atoms with Crippen molar-refractivity contribution >= 4 is 0 Å². The average Bonchev–Trinajstić information content (AvgIpc) is 2.94. The molecule has 4 heteroatoms. The molecule has 2 rings (SSSR count). The van der Waals surface area contributed by atoms with E-state index in [0.717, 1.165) is 43.3 Å². The lowest BCUT2D eigenvalue weighted by atomic mass is 9.69. The second kappa shape index (κ2) is 10.8. The van der Waals surface area contributed by atoms with Crippen molar-refractivity contribution in [3.8, 4) is 0 Å². The third-order valence-electron chi connectivity index (χ3n) is 7.29. The lowest BCUT2D eigenvalue weighted by molar-refractivity contribution is 0.0224. The van der Waals surface area contributed by atoms with Crippen LogP contribution in [0.25, 0.3) is 0 Å². The van der Waals surface area contributed by atoms with Gasteiger partial charge in [-0.1, -0.05) is 43.2 Å². The van der Waals surface area contributed by atoms with E-state index in [-0.39, 0.29) is 18.4 Å². The first kappa shape index (κ1) is 24.9. The molecular formula is C26H42O4. The van der Waals surface area contributed by atoms with Crippen LogP contribution in [0.3, 0.4) is 0 Å². The molecule has 0 saturated heterocycles. The second-order valence-electron chi connectivity index (χ2n) is 9.65. The quantitative estimate of drug-likeness (QED) is 0.560. The predicted octanol–water partition coefficient (Wildman–Crippen LogP) is 5.07. The number of fused-ring (bicyclic) bond motifs is 1. The molecule has 0 amide bonds. The van der Waals surface area contributed by atoms with Gasteiger partial charge >= 0.3 is 0 Å². The third-order valence-corrected chi connectivity index (χ3v) is 7.29. The van der Waals surface area contributed by atoms with Gasteiger partial charge in [0.2, 0.25) is 0 Å². The summed E-state index contributed by atoms with van der Waals surface area (Å²) in [6, 6.07) is 0. The molecule has 170 valence electrons. The number of hydrogen-bond acceptors (Lipinski definition) is 4. The van der Waals surface area contributed by atoms with Crippen LogP contribution in [-0.4, -0.2) is 41.2 Å². The van der Waals surface area contributed by atoms with Gasteiger partial charge in [-0.15, -0.1) is 0 Å². The Labute approximate surface area is 183 Å². The molecule has 0 unspecified atom stereocenters. The number of allylic oxidation sites excluding steroid dienone is 5. The van der Waals surface area contributed by atoms with Crippen molar-refractivity contribution < 1.29 is 20.1 Å². The maximum Gasteiger partial charge on any atom is 0.124 e. The highest BCUT2D eigenvalue weighted by atomic mass is 16.5. The summed E-state index contributed by atoms with van der Waals surface area (Å²) < 4.78 is 5.67. The van der Waals surface area contributed by atoms with E-state index in [4.69, 9.17) is 4.74 Å². The summed E-state index contributed by atoms with van der Waals surface area (Å²) >= 11 is 0. The number of rotatable bonds is 3. The van der Waals surface area contributed by atoms with Crippen LogP contribution in [-0.2, 0) is 4.74 Å². The molecular weight excluding hydrogens is 376 g/mol. The van der Waals surface area contributed by atoms with Crippen LogP contribution in [0.1, 0.15) is 73.1 Å². The highest BCUT2D eigenvalue weighted by Gasteiger charge is 2.51. The minimum atomic E-state index is -0.711. The van der Waals surface area contributed by atoms with Gasteiger partial charge in [-0.25, -0.2) is 0 Å². The van der Waals surface area contributed by atoms with Gasteiger partial charge < -0.3 is 20.1 Å². The molecule has 0 aliphatic heterocycles. The molecule has 2 aliphatic carbocycles. The molecule has 0 bridgehead atoms. The minimum absolute atomic E-state index is 0.0205. The van der Waals surface area contributed by atoms with E-state index in [1.54, 1.807) is 7.11 Å². The van der Waals surface area contributed by atoms with Crippen LogP contribution in [0.15, 0.2) is 46.3 Å². The van der Waals surface area contributed by atoms with Crippen LogP contribution in [0, 0.1) is 17.3 Å². The van der Waals surface area contributed by atoms with Crippen molar-refractivity contribution in [2.45, 2.75) is 85.4 Å². The van der Waals surface area contributed by atoms with Gasteiger partial charge in [0.1, 0.15) is 11.9 Å². The summed E-state index contributed by atoms with van der Waals surface area (Å²) in [5.74, 6) is 0.571. The van der Waals surface area contributed by atoms with Crippen molar-refractivity contribution in [1.29, 1.82) is 0 Å². The topological polar surface area (TPSA) is 69.9 Å². The standard InChI is InChI=1S/C26H42O4/c1-17-8-7-9-18(2)14-15-26(5)21(12-11-19(3)22(28)13-10-17)23(20(4)16-27)24(30-6)25(26)29/h8,11,14,20-22,25,27-29H,7,9-10,12-13,15-16H2,1-6H3/b17-8+,18-14+,19-11+/t20-,21-,22+,25-,26+/m1/s1. The lowest BCUT2D eigenvalue weighted by Gasteiger charge is -2.36. The fourth-order valence-corrected chi connectivity index (χ4v) is 4.92. The first-order valence-corrected chi connectivity index (χ1v) is 11.4. The fourth-order valence-electron chi connectivity index (χ4n) is 4.92. The largest absolute Gasteiger partial charge is 0.498 e. The van der Waals surface area contributed by atoms with Gasteiger partial charge in [0.25, 0.3) is 0 Å². The van der Waals surface area contributed by atoms with Crippen molar-refractivity contribution in [2.24, 2.45) is 17.3 Å². The van der Waals surface area contributed by atoms with Crippen LogP contribution in [0.4, 0.5) is 0 Å². The summed E-state index contributed by atoms with van der Waals surface area (Å²) in [6.45, 7) is 10.4. The third kappa shape index (κ3) is 5.46. The highest BCUT2D eigenvalue weighted by Crippen LogP contribution is 2.53. The van der Waals surface area contributed by atoms with Gasteiger partial charge in [-0.3, -0.25) is 0 Å². The molecule has 0 aromatic rings. The van der Waals surface area contributed by atoms with E-state index in [9.17, 15) is 15.3 Å². The Morgan fingerprint density at radius 3 is 2.40 bits per heavy atom. The molecule has 4 nitrogen and oxygen atoms in total. The van der Waals surface area contributed by atoms with E-state index in [0.29, 0.717) is 12.2 Å². The van der Waals surface area contributed by atoms with Crippen LogP contribution in [0.5, 0.6) is 0 Å². The Balaban J connectivity index is 2.49. The van der Waals surface area contributed by atoms with Crippen LogP contribution < -0.4 is 0 Å². The van der Waals surface area contributed by atoms with E-state index in [1.807, 2.05) is 13.8 Å². The number of aliphatic hydroxyl groups is 3. The average molecular weight is 419 g/mol. The van der Waals surface area contributed by atoms with Gasteiger partial charge in [0.05, 0.1) is 13.2 Å². The van der Waals surface area contributed by atoms with Gasteiger partial charge in [0.15, 0.2) is 0 Å². The molecule has 5 atom stereocenters. The molecule has 0 heterocycles. The zero-order valence-electron chi connectivity index (χ0n) is 19.7. The van der Waals surface area contributed by atoms with E-state index < -0.39 is 17.6 Å². The number of ether oxygens (including phenoxy) is 1. The molecule has 0 fully saturated rings. The van der Waals surface area contributed by atoms with Crippen LogP contribution in [0.2, 0.25) is 0 Å². The smallest absolute Gasteiger partial charge is 0.124 e. The molecule has 0 aromatic heterocycles. The van der Waals surface area contributed by atoms with E-state index >= 15 is 0 Å². The van der Waals surface area contributed by atoms with Crippen molar-refractivity contribution in [3.63, 3.8) is 0 Å². The first-order chi connectivity index (χ1) is 14.2. The van der Waals surface area contributed by atoms with Gasteiger partial charge in [-0.05, 0) is 76.4 Å². The fraction of sp³-hybridized carbons (Fsp3) is 0.692. The summed E-state index contributed by atoms with van der Waals surface area (Å²) in [7, 11) is 1.61. The first-order valence-electron chi connectivity index (χ1n) is 11.4. The van der Waals surface area contributed by atoms with E-state index in [1.165, 1.54) is 11.1 Å². The zero-order chi connectivity index (χ0) is 22.5. The second-order valence-corrected chi connectivity index (χ2v) is 9.65. The Bertz CT molecular complexity index is 715. The molecule has 0 aromatic carbocycles. The summed E-state index contributed by atoms with van der Waals surface area (Å²) in [5, 5.41) is 31.8. The number of hydrogen-bond donors (Lipinski definition) is 3. The molecule has 3 N–H and O–H groups in total. The predicted molar refractivity (Wildman–Crippen MR) is 123 cm³/mol. The molecule has 2 aliphatic rings. The summed E-state index contributed by atoms with van der Waals surface area (Å²) in [5.41, 5.74) is 4.23.